The molecule has 1 unspecified atom stereocenters. The summed E-state index contributed by atoms with van der Waals surface area (Å²) in [5.41, 5.74) is 6.63. The van der Waals surface area contributed by atoms with Crippen LogP contribution in [0.15, 0.2) is 42.5 Å². The Balaban J connectivity index is 1.88. The van der Waals surface area contributed by atoms with E-state index in [9.17, 15) is 0 Å². The highest BCUT2D eigenvalue weighted by Gasteiger charge is 2.41. The van der Waals surface area contributed by atoms with Crippen molar-refractivity contribution in [1.29, 1.82) is 0 Å². The van der Waals surface area contributed by atoms with Crippen molar-refractivity contribution in [1.82, 2.24) is 9.55 Å². The summed E-state index contributed by atoms with van der Waals surface area (Å²) in [6, 6.07) is 15.2. The number of anilines is 1. The number of hydrogen-bond donors (Lipinski definition) is 0. The Morgan fingerprint density at radius 1 is 1.09 bits per heavy atom. The molecule has 3 heterocycles. The first-order valence-corrected chi connectivity index (χ1v) is 8.42. The van der Waals surface area contributed by atoms with Gasteiger partial charge >= 0.3 is 0 Å². The summed E-state index contributed by atoms with van der Waals surface area (Å²) in [5.74, 6) is 1.70. The number of aromatic nitrogens is 2. The van der Waals surface area contributed by atoms with Gasteiger partial charge in [0.05, 0.1) is 23.4 Å². The van der Waals surface area contributed by atoms with Crippen molar-refractivity contribution in [2.75, 3.05) is 4.90 Å². The standard InChI is InChI=1S/C20H21N3/c1-13-11-20(2,3)23-12-22-17-10-5-4-9-16(17)21-19(22)15-8-6-7-14(13)18(15)23/h4-10,13H,11-12H2,1-3H3. The van der Waals surface area contributed by atoms with Crippen LogP contribution in [0.5, 0.6) is 0 Å². The zero-order valence-electron chi connectivity index (χ0n) is 13.9. The van der Waals surface area contributed by atoms with Crippen LogP contribution in [0.2, 0.25) is 0 Å². The van der Waals surface area contributed by atoms with Crippen LogP contribution in [0.25, 0.3) is 22.4 Å². The highest BCUT2D eigenvalue weighted by Crippen LogP contribution is 2.50. The van der Waals surface area contributed by atoms with Gasteiger partial charge in [0.15, 0.2) is 0 Å². The van der Waals surface area contributed by atoms with Crippen LogP contribution >= 0.6 is 0 Å². The Morgan fingerprint density at radius 3 is 2.78 bits per heavy atom. The van der Waals surface area contributed by atoms with Crippen LogP contribution in [0.4, 0.5) is 5.69 Å². The lowest BCUT2D eigenvalue weighted by atomic mass is 9.78. The van der Waals surface area contributed by atoms with E-state index in [1.807, 2.05) is 0 Å². The van der Waals surface area contributed by atoms with Crippen molar-refractivity contribution in [3.05, 3.63) is 48.0 Å². The van der Waals surface area contributed by atoms with Gasteiger partial charge in [0.1, 0.15) is 5.82 Å². The lowest BCUT2D eigenvalue weighted by Crippen LogP contribution is -2.50. The first kappa shape index (κ1) is 13.2. The second kappa shape index (κ2) is 4.16. The average molecular weight is 303 g/mol. The normalized spacial score (nSPS) is 21.2. The molecule has 0 fully saturated rings. The quantitative estimate of drug-likeness (QED) is 0.596. The van der Waals surface area contributed by atoms with Gasteiger partial charge < -0.3 is 9.47 Å². The van der Waals surface area contributed by atoms with E-state index in [-0.39, 0.29) is 5.54 Å². The molecule has 1 atom stereocenters. The molecule has 0 spiro atoms. The van der Waals surface area contributed by atoms with Crippen LogP contribution in [0, 0.1) is 0 Å². The van der Waals surface area contributed by atoms with Gasteiger partial charge in [-0.3, -0.25) is 0 Å². The van der Waals surface area contributed by atoms with Crippen molar-refractivity contribution in [3.63, 3.8) is 0 Å². The molecule has 2 aliphatic rings. The fraction of sp³-hybridized carbons (Fsp3) is 0.350. The zero-order chi connectivity index (χ0) is 15.8. The molecule has 2 aliphatic heterocycles. The minimum Gasteiger partial charge on any atom is -0.347 e. The molecule has 0 N–H and O–H groups in total. The van der Waals surface area contributed by atoms with Gasteiger partial charge in [-0.05, 0) is 49.9 Å². The molecule has 5 rings (SSSR count). The molecular weight excluding hydrogens is 282 g/mol. The highest BCUT2D eigenvalue weighted by molar-refractivity contribution is 5.88. The fourth-order valence-corrected chi connectivity index (χ4v) is 4.54. The number of nitrogens with zero attached hydrogens (tertiary/aromatic N) is 3. The highest BCUT2D eigenvalue weighted by atomic mass is 15.3. The van der Waals surface area contributed by atoms with Gasteiger partial charge in [0.25, 0.3) is 0 Å². The third kappa shape index (κ3) is 1.62. The lowest BCUT2D eigenvalue weighted by molar-refractivity contribution is 0.351. The summed E-state index contributed by atoms with van der Waals surface area (Å²) >= 11 is 0. The third-order valence-corrected chi connectivity index (χ3v) is 5.58. The Hall–Kier alpha value is -2.29. The second-order valence-electron chi connectivity index (χ2n) is 7.58. The van der Waals surface area contributed by atoms with Gasteiger partial charge in [0.2, 0.25) is 0 Å². The second-order valence-corrected chi connectivity index (χ2v) is 7.58. The predicted molar refractivity (Wildman–Crippen MR) is 94.8 cm³/mol. The van der Waals surface area contributed by atoms with Crippen LogP contribution in [0.1, 0.15) is 38.7 Å². The minimum absolute atomic E-state index is 0.158. The Kier molecular flexibility index (Phi) is 2.39. The molecule has 0 radical (unpaired) electrons. The van der Waals surface area contributed by atoms with E-state index in [4.69, 9.17) is 4.98 Å². The van der Waals surface area contributed by atoms with Crippen molar-refractivity contribution in [2.45, 2.75) is 45.3 Å². The topological polar surface area (TPSA) is 21.1 Å². The molecule has 3 heteroatoms. The molecule has 0 amide bonds. The van der Waals surface area contributed by atoms with Gasteiger partial charge in [-0.1, -0.05) is 31.2 Å². The van der Waals surface area contributed by atoms with E-state index in [0.717, 1.165) is 18.0 Å². The molecule has 0 saturated heterocycles. The zero-order valence-corrected chi connectivity index (χ0v) is 13.9. The number of fused-ring (bicyclic) bond motifs is 4. The number of imidazole rings is 1. The molecule has 3 aromatic rings. The van der Waals surface area contributed by atoms with Crippen molar-refractivity contribution in [3.8, 4) is 11.4 Å². The van der Waals surface area contributed by atoms with Crippen molar-refractivity contribution in [2.24, 2.45) is 0 Å². The van der Waals surface area contributed by atoms with Gasteiger partial charge in [0, 0.05) is 11.1 Å². The van der Waals surface area contributed by atoms with Crippen LogP contribution < -0.4 is 4.90 Å². The first-order chi connectivity index (χ1) is 11.1. The van der Waals surface area contributed by atoms with E-state index in [1.54, 1.807) is 0 Å². The molecule has 0 bridgehead atoms. The molecule has 23 heavy (non-hydrogen) atoms. The van der Waals surface area contributed by atoms with Crippen LogP contribution in [-0.2, 0) is 6.67 Å². The predicted octanol–water partition coefficient (Wildman–Crippen LogP) is 4.77. The minimum atomic E-state index is 0.158. The molecular formula is C20H21N3. The maximum absolute atomic E-state index is 4.94. The molecule has 2 aromatic carbocycles. The number of para-hydroxylation sites is 3. The maximum Gasteiger partial charge on any atom is 0.144 e. The first-order valence-electron chi connectivity index (χ1n) is 8.42. The summed E-state index contributed by atoms with van der Waals surface area (Å²) in [6.07, 6.45) is 1.19. The Labute approximate surface area is 136 Å². The molecule has 1 aromatic heterocycles. The number of benzene rings is 2. The van der Waals surface area contributed by atoms with Crippen molar-refractivity contribution >= 4 is 16.7 Å². The maximum atomic E-state index is 4.94. The number of hydrogen-bond acceptors (Lipinski definition) is 2. The van der Waals surface area contributed by atoms with E-state index in [1.165, 1.54) is 28.8 Å². The van der Waals surface area contributed by atoms with E-state index < -0.39 is 0 Å². The van der Waals surface area contributed by atoms with E-state index in [2.05, 4.69) is 72.7 Å². The molecule has 0 aliphatic carbocycles. The third-order valence-electron chi connectivity index (χ3n) is 5.58. The van der Waals surface area contributed by atoms with Gasteiger partial charge in [-0.25, -0.2) is 4.98 Å². The fourth-order valence-electron chi connectivity index (χ4n) is 4.54. The summed E-state index contributed by atoms with van der Waals surface area (Å²) in [4.78, 5) is 7.52. The summed E-state index contributed by atoms with van der Waals surface area (Å²) in [6.45, 7) is 7.98. The summed E-state index contributed by atoms with van der Waals surface area (Å²) in [7, 11) is 0. The average Bonchev–Trinajstić information content (AvgIpc) is 2.91. The van der Waals surface area contributed by atoms with Gasteiger partial charge in [-0.2, -0.15) is 0 Å². The Morgan fingerprint density at radius 2 is 1.91 bits per heavy atom. The van der Waals surface area contributed by atoms with Crippen LogP contribution in [0.3, 0.4) is 0 Å². The Bertz CT molecular complexity index is 935. The SMILES string of the molecule is CC1CC(C)(C)N2Cn3c(nc4ccccc43)-c3cccc1c32. The van der Waals surface area contributed by atoms with Crippen molar-refractivity contribution < 1.29 is 0 Å². The largest absolute Gasteiger partial charge is 0.347 e. The molecule has 0 saturated carbocycles. The van der Waals surface area contributed by atoms with E-state index >= 15 is 0 Å². The lowest BCUT2D eigenvalue weighted by Gasteiger charge is -2.50. The summed E-state index contributed by atoms with van der Waals surface area (Å²) in [5, 5.41) is 0. The van der Waals surface area contributed by atoms with E-state index in [0.29, 0.717) is 5.92 Å². The van der Waals surface area contributed by atoms with Gasteiger partial charge in [-0.15, -0.1) is 0 Å². The summed E-state index contributed by atoms with van der Waals surface area (Å²) < 4.78 is 2.37. The molecule has 3 nitrogen and oxygen atoms in total. The molecule has 116 valence electrons. The number of rotatable bonds is 0. The van der Waals surface area contributed by atoms with Crippen LogP contribution in [-0.4, -0.2) is 15.1 Å². The monoisotopic (exact) mass is 303 g/mol. The smallest absolute Gasteiger partial charge is 0.144 e.